The molecule has 1 saturated heterocycles. The van der Waals surface area contributed by atoms with Gasteiger partial charge in [-0.05, 0) is 0 Å². The summed E-state index contributed by atoms with van der Waals surface area (Å²) in [6, 6.07) is 0. The fraction of sp³-hybridized carbons (Fsp3) is 0.800. The minimum Gasteiger partial charge on any atom is -0.479 e. The van der Waals surface area contributed by atoms with Crippen LogP contribution in [0.4, 0.5) is 4.39 Å². The van der Waals surface area contributed by atoms with Crippen LogP contribution in [0.5, 0.6) is 0 Å². The zero-order valence-electron chi connectivity index (χ0n) is 5.72. The topological polar surface area (TPSA) is 107 Å². The molecule has 6 nitrogen and oxygen atoms in total. The van der Waals surface area contributed by atoms with Crippen molar-refractivity contribution in [2.75, 3.05) is 0 Å². The molecule has 12 heavy (non-hydrogen) atoms. The quantitative estimate of drug-likeness (QED) is 0.367. The molecule has 0 aromatic rings. The highest BCUT2D eigenvalue weighted by molar-refractivity contribution is 5.73. The summed E-state index contributed by atoms with van der Waals surface area (Å²) in [4.78, 5) is 10.2. The second kappa shape index (κ2) is 2.63. The van der Waals surface area contributed by atoms with E-state index in [1.54, 1.807) is 0 Å². The Bertz CT molecular complexity index is 204. The number of aliphatic hydroxyl groups excluding tert-OH is 2. The zero-order chi connectivity index (χ0) is 9.52. The van der Waals surface area contributed by atoms with Crippen LogP contribution >= 0.6 is 0 Å². The third-order valence-corrected chi connectivity index (χ3v) is 1.57. The van der Waals surface area contributed by atoms with E-state index in [1.807, 2.05) is 0 Å². The first-order valence-electron chi connectivity index (χ1n) is 3.03. The molecule has 7 heteroatoms. The first-order valence-corrected chi connectivity index (χ1v) is 3.03. The van der Waals surface area contributed by atoms with Gasteiger partial charge >= 0.3 is 5.97 Å². The van der Waals surface area contributed by atoms with Crippen molar-refractivity contribution >= 4 is 5.97 Å². The second-order valence-electron chi connectivity index (χ2n) is 2.42. The lowest BCUT2D eigenvalue weighted by molar-refractivity contribution is -0.239. The van der Waals surface area contributed by atoms with E-state index in [-0.39, 0.29) is 0 Å². The number of carboxylic acid groups (broad SMARTS) is 1. The molecule has 0 radical (unpaired) electrons. The minimum absolute atomic E-state index is 1.66. The van der Waals surface area contributed by atoms with E-state index < -0.39 is 30.3 Å². The minimum atomic E-state index is -3.43. The number of rotatable bonds is 1. The van der Waals surface area contributed by atoms with Gasteiger partial charge in [-0.3, -0.25) is 0 Å². The second-order valence-corrected chi connectivity index (χ2v) is 2.42. The van der Waals surface area contributed by atoms with Gasteiger partial charge in [0.05, 0.1) is 0 Å². The monoisotopic (exact) mass is 182 g/mol. The lowest BCUT2D eigenvalue weighted by Crippen LogP contribution is -2.45. The molecule has 0 bridgehead atoms. The molecule has 1 fully saturated rings. The SMILES string of the molecule is O=C(O)[C@H]1O[C@H](O)[C@](O)(F)[C@@H]1O. The highest BCUT2D eigenvalue weighted by atomic mass is 19.2. The first kappa shape index (κ1) is 9.33. The number of hydrogen-bond donors (Lipinski definition) is 4. The molecule has 0 aromatic carbocycles. The van der Waals surface area contributed by atoms with Gasteiger partial charge in [0.25, 0.3) is 5.85 Å². The van der Waals surface area contributed by atoms with Crippen LogP contribution in [0.1, 0.15) is 0 Å². The zero-order valence-corrected chi connectivity index (χ0v) is 5.72. The molecule has 0 aliphatic carbocycles. The Labute approximate surface area is 65.8 Å². The van der Waals surface area contributed by atoms with Crippen molar-refractivity contribution in [1.29, 1.82) is 0 Å². The van der Waals surface area contributed by atoms with E-state index in [0.29, 0.717) is 0 Å². The van der Waals surface area contributed by atoms with Crippen molar-refractivity contribution in [2.45, 2.75) is 24.4 Å². The maximum atomic E-state index is 12.7. The Morgan fingerprint density at radius 3 is 2.17 bits per heavy atom. The Balaban J connectivity index is 2.83. The lowest BCUT2D eigenvalue weighted by Gasteiger charge is -2.17. The molecule has 1 heterocycles. The number of hydrogen-bond acceptors (Lipinski definition) is 5. The summed E-state index contributed by atoms with van der Waals surface area (Å²) in [5.74, 6) is -5.08. The van der Waals surface area contributed by atoms with Gasteiger partial charge in [0.2, 0.25) is 6.29 Å². The van der Waals surface area contributed by atoms with Gasteiger partial charge in [0, 0.05) is 0 Å². The number of halogens is 1. The van der Waals surface area contributed by atoms with Gasteiger partial charge in [-0.2, -0.15) is 0 Å². The van der Waals surface area contributed by atoms with Crippen LogP contribution in [0, 0.1) is 0 Å². The van der Waals surface area contributed by atoms with Crippen LogP contribution in [0.3, 0.4) is 0 Å². The predicted octanol–water partition coefficient (Wildman–Crippen LogP) is -2.19. The van der Waals surface area contributed by atoms with Crippen LogP contribution < -0.4 is 0 Å². The Morgan fingerprint density at radius 2 is 2.00 bits per heavy atom. The summed E-state index contributed by atoms with van der Waals surface area (Å²) in [5.41, 5.74) is 0. The lowest BCUT2D eigenvalue weighted by atomic mass is 10.1. The van der Waals surface area contributed by atoms with Crippen LogP contribution in [-0.2, 0) is 9.53 Å². The number of alkyl halides is 1. The summed E-state index contributed by atoms with van der Waals surface area (Å²) in [6.45, 7) is 0. The molecule has 0 saturated carbocycles. The smallest absolute Gasteiger partial charge is 0.335 e. The van der Waals surface area contributed by atoms with Crippen molar-refractivity contribution in [2.24, 2.45) is 0 Å². The number of aliphatic carboxylic acids is 1. The standard InChI is InChI=1S/C5H7FO6/c6-5(11)2(7)1(3(8)9)12-4(5)10/h1-2,4,7,10-11H,(H,8,9)/t1-,2+,4-,5-/m0/s1. The van der Waals surface area contributed by atoms with E-state index in [9.17, 15) is 9.18 Å². The van der Waals surface area contributed by atoms with Gasteiger partial charge in [-0.1, -0.05) is 0 Å². The molecule has 1 rings (SSSR count). The van der Waals surface area contributed by atoms with Gasteiger partial charge in [-0.25, -0.2) is 9.18 Å². The van der Waals surface area contributed by atoms with Crippen LogP contribution in [0.25, 0.3) is 0 Å². The molecule has 4 N–H and O–H groups in total. The molecule has 0 unspecified atom stereocenters. The fourth-order valence-corrected chi connectivity index (χ4v) is 0.860. The molecule has 0 spiro atoms. The molecule has 1 aliphatic heterocycles. The van der Waals surface area contributed by atoms with Crippen LogP contribution in [0.2, 0.25) is 0 Å². The summed E-state index contributed by atoms with van der Waals surface area (Å²) in [7, 11) is 0. The predicted molar refractivity (Wildman–Crippen MR) is 30.6 cm³/mol. The number of ether oxygens (including phenoxy) is 1. The fourth-order valence-electron chi connectivity index (χ4n) is 0.860. The van der Waals surface area contributed by atoms with Crippen LogP contribution in [0.15, 0.2) is 0 Å². The molecular weight excluding hydrogens is 175 g/mol. The number of carboxylic acids is 1. The van der Waals surface area contributed by atoms with Crippen LogP contribution in [-0.4, -0.2) is 50.7 Å². The average Bonchev–Trinajstić information content (AvgIpc) is 2.13. The van der Waals surface area contributed by atoms with E-state index in [2.05, 4.69) is 4.74 Å². The van der Waals surface area contributed by atoms with Gasteiger partial charge in [0.15, 0.2) is 12.2 Å². The first-order chi connectivity index (χ1) is 5.37. The number of aliphatic hydroxyl groups is 3. The molecule has 4 atom stereocenters. The van der Waals surface area contributed by atoms with Crippen molar-refractivity contribution in [3.05, 3.63) is 0 Å². The van der Waals surface area contributed by atoms with Gasteiger partial charge in [-0.15, -0.1) is 0 Å². The third kappa shape index (κ3) is 1.16. The Morgan fingerprint density at radius 1 is 1.50 bits per heavy atom. The highest BCUT2D eigenvalue weighted by Gasteiger charge is 2.58. The van der Waals surface area contributed by atoms with Crippen molar-refractivity contribution in [1.82, 2.24) is 0 Å². The highest BCUT2D eigenvalue weighted by Crippen LogP contribution is 2.30. The summed E-state index contributed by atoms with van der Waals surface area (Å²) >= 11 is 0. The van der Waals surface area contributed by atoms with Gasteiger partial charge < -0.3 is 25.2 Å². The Hall–Kier alpha value is -0.760. The number of carbonyl (C=O) groups is 1. The van der Waals surface area contributed by atoms with E-state index >= 15 is 0 Å². The maximum absolute atomic E-state index is 12.7. The van der Waals surface area contributed by atoms with E-state index in [4.69, 9.17) is 20.4 Å². The van der Waals surface area contributed by atoms with Gasteiger partial charge in [0.1, 0.15) is 0 Å². The van der Waals surface area contributed by atoms with E-state index in [0.717, 1.165) is 0 Å². The largest absolute Gasteiger partial charge is 0.479 e. The Kier molecular flexibility index (Phi) is 2.04. The molecule has 0 aromatic heterocycles. The maximum Gasteiger partial charge on any atom is 0.335 e. The normalized spacial score (nSPS) is 47.8. The third-order valence-electron chi connectivity index (χ3n) is 1.57. The summed E-state index contributed by atoms with van der Waals surface area (Å²) < 4.78 is 16.7. The van der Waals surface area contributed by atoms with Crippen molar-refractivity contribution < 1.29 is 34.3 Å². The molecule has 1 aliphatic rings. The van der Waals surface area contributed by atoms with Crippen molar-refractivity contribution in [3.63, 3.8) is 0 Å². The van der Waals surface area contributed by atoms with Crippen molar-refractivity contribution in [3.8, 4) is 0 Å². The molecule has 70 valence electrons. The summed E-state index contributed by atoms with van der Waals surface area (Å²) in [5, 5.41) is 34.2. The van der Waals surface area contributed by atoms with E-state index in [1.165, 1.54) is 0 Å². The average molecular weight is 182 g/mol. The molecular formula is C5H7FO6. The summed E-state index contributed by atoms with van der Waals surface area (Å²) in [6.07, 6.45) is -6.58. The molecule has 0 amide bonds.